The van der Waals surface area contributed by atoms with Crippen LogP contribution in [0.5, 0.6) is 0 Å². The molecule has 0 saturated carbocycles. The van der Waals surface area contributed by atoms with E-state index in [9.17, 15) is 21.4 Å². The smallest absolute Gasteiger partial charge is 0.209 e. The minimum atomic E-state index is -4.74. The maximum absolute atomic E-state index is 12.3. The number of para-hydroxylation sites is 2. The Morgan fingerprint density at radius 3 is 1.94 bits per heavy atom. The Labute approximate surface area is 274 Å². The molecule has 47 heavy (non-hydrogen) atoms. The number of rotatable bonds is 5. The summed E-state index contributed by atoms with van der Waals surface area (Å²) in [5, 5.41) is 9.36. The van der Waals surface area contributed by atoms with Gasteiger partial charge in [-0.25, -0.2) is 27.0 Å². The second-order valence-electron chi connectivity index (χ2n) is 11.5. The van der Waals surface area contributed by atoms with Crippen molar-refractivity contribution in [2.45, 2.75) is 32.6 Å². The van der Waals surface area contributed by atoms with E-state index >= 15 is 0 Å². The molecule has 1 heterocycles. The third-order valence-electron chi connectivity index (χ3n) is 7.65. The van der Waals surface area contributed by atoms with Gasteiger partial charge in [0.05, 0.1) is 17.2 Å². The summed E-state index contributed by atoms with van der Waals surface area (Å²) in [6.45, 7) is 8.21. The number of primary sulfonamides is 1. The van der Waals surface area contributed by atoms with Crippen LogP contribution in [0.2, 0.25) is 0 Å². The van der Waals surface area contributed by atoms with Gasteiger partial charge in [-0.2, -0.15) is 0 Å². The normalized spacial score (nSPS) is 12.2. The second-order valence-corrected chi connectivity index (χ2v) is 14.5. The largest absolute Gasteiger partial charge is 0.744 e. The molecule has 11 heteroatoms. The van der Waals surface area contributed by atoms with E-state index in [1.54, 1.807) is 18.2 Å². The van der Waals surface area contributed by atoms with Crippen LogP contribution in [-0.4, -0.2) is 27.6 Å². The van der Waals surface area contributed by atoms with Crippen LogP contribution in [0, 0.1) is 27.7 Å². The Hall–Kier alpha value is -4.81. The van der Waals surface area contributed by atoms with Crippen molar-refractivity contribution in [3.05, 3.63) is 125 Å². The van der Waals surface area contributed by atoms with Gasteiger partial charge in [-0.1, -0.05) is 54.6 Å². The number of anilines is 2. The fourth-order valence-electron chi connectivity index (χ4n) is 5.54. The van der Waals surface area contributed by atoms with Gasteiger partial charge in [-0.15, -0.1) is 0 Å². The van der Waals surface area contributed by atoms with Crippen LogP contribution in [0.4, 0.5) is 17.1 Å². The van der Waals surface area contributed by atoms with Crippen molar-refractivity contribution in [3.63, 3.8) is 0 Å². The lowest BCUT2D eigenvalue weighted by Gasteiger charge is -2.19. The molecule has 0 aromatic heterocycles. The highest BCUT2D eigenvalue weighted by Crippen LogP contribution is 2.43. The molecule has 0 saturated heterocycles. The molecular formula is C36H35N3O6S2. The van der Waals surface area contributed by atoms with Gasteiger partial charge in [0, 0.05) is 56.7 Å². The fourth-order valence-corrected chi connectivity index (χ4v) is 6.22. The molecule has 0 unspecified atom stereocenters. The number of benzene rings is 5. The Morgan fingerprint density at radius 2 is 1.32 bits per heavy atom. The van der Waals surface area contributed by atoms with Gasteiger partial charge in [-0.05, 0) is 63.1 Å². The van der Waals surface area contributed by atoms with E-state index in [0.29, 0.717) is 33.4 Å². The molecule has 4 aromatic carbocycles. The molecule has 0 spiro atoms. The van der Waals surface area contributed by atoms with Crippen LogP contribution in [0.15, 0.2) is 106 Å². The minimum Gasteiger partial charge on any atom is -0.744 e. The van der Waals surface area contributed by atoms with E-state index in [1.807, 2.05) is 48.5 Å². The molecular weight excluding hydrogens is 635 g/mol. The summed E-state index contributed by atoms with van der Waals surface area (Å²) in [5.74, 6) is 0.552. The number of hydrogen-bond donors (Lipinski definition) is 3. The lowest BCUT2D eigenvalue weighted by atomic mass is 9.93. The van der Waals surface area contributed by atoms with Crippen molar-refractivity contribution in [1.82, 2.24) is 0 Å². The topological polar surface area (TPSA) is 156 Å². The van der Waals surface area contributed by atoms with Crippen molar-refractivity contribution in [1.29, 1.82) is 0 Å². The first-order chi connectivity index (χ1) is 22.1. The lowest BCUT2D eigenvalue weighted by Crippen LogP contribution is -2.71. The summed E-state index contributed by atoms with van der Waals surface area (Å²) >= 11 is 0. The number of hydrogen-bond acceptors (Lipinski definition) is 7. The fraction of sp³-hybridized carbons (Fsp3) is 0.139. The predicted molar refractivity (Wildman–Crippen MR) is 184 cm³/mol. The lowest BCUT2D eigenvalue weighted by molar-refractivity contribution is -0.403. The zero-order valence-electron chi connectivity index (χ0n) is 26.6. The average molecular weight is 670 g/mol. The summed E-state index contributed by atoms with van der Waals surface area (Å²) in [5.41, 5.74) is 9.52. The predicted octanol–water partition coefficient (Wildman–Crippen LogP) is 5.30. The average Bonchev–Trinajstić information content (AvgIpc) is 2.98. The van der Waals surface area contributed by atoms with Crippen LogP contribution >= 0.6 is 0 Å². The zero-order valence-corrected chi connectivity index (χ0v) is 28.2. The number of fused-ring (bicyclic) bond motifs is 2. The van der Waals surface area contributed by atoms with E-state index in [0.717, 1.165) is 50.9 Å². The van der Waals surface area contributed by atoms with Gasteiger partial charge in [0.1, 0.15) is 21.5 Å². The number of aryl methyl sites for hydroxylation is 4. The summed E-state index contributed by atoms with van der Waals surface area (Å²) in [6, 6.07) is 30.1. The highest BCUT2D eigenvalue weighted by Gasteiger charge is 2.22. The summed E-state index contributed by atoms with van der Waals surface area (Å²) in [4.78, 5) is 3.24. The monoisotopic (exact) mass is 669 g/mol. The van der Waals surface area contributed by atoms with Crippen LogP contribution in [-0.2, 0) is 20.1 Å². The summed E-state index contributed by atoms with van der Waals surface area (Å²) in [7, 11) is -7.91. The molecule has 0 amide bonds. The highest BCUT2D eigenvalue weighted by molar-refractivity contribution is 7.88. The molecule has 4 N–H and O–H groups in total. The number of nitrogens with two attached hydrogens (primary N) is 1. The SMILES string of the molecule is CS(N)(=O)=O.Cc1cccc(C)c1Nc1ccc2c(-c3ccccc3S(=O)(=O)[O-])c3ccc(=[NH+]c4c(C)cccc4C)cc-3oc2c1. The summed E-state index contributed by atoms with van der Waals surface area (Å²) < 4.78 is 62.4. The molecule has 9 nitrogen and oxygen atoms in total. The quantitative estimate of drug-likeness (QED) is 0.166. The molecule has 1 aliphatic carbocycles. The van der Waals surface area contributed by atoms with E-state index in [2.05, 4.69) is 67.4 Å². The van der Waals surface area contributed by atoms with Gasteiger partial charge in [0.15, 0.2) is 0 Å². The minimum absolute atomic E-state index is 0.269. The molecule has 0 atom stereocenters. The van der Waals surface area contributed by atoms with Crippen LogP contribution < -0.4 is 20.8 Å². The van der Waals surface area contributed by atoms with Crippen molar-refractivity contribution >= 4 is 48.2 Å². The zero-order chi connectivity index (χ0) is 34.1. The number of nitrogens with one attached hydrogen (secondary N) is 2. The number of sulfonamides is 1. The van der Waals surface area contributed by atoms with Gasteiger partial charge >= 0.3 is 0 Å². The van der Waals surface area contributed by atoms with Crippen molar-refractivity contribution < 1.29 is 30.8 Å². The summed E-state index contributed by atoms with van der Waals surface area (Å²) in [6.07, 6.45) is 0.938. The first-order valence-electron chi connectivity index (χ1n) is 14.6. The van der Waals surface area contributed by atoms with Crippen molar-refractivity contribution in [2.24, 2.45) is 5.14 Å². The van der Waals surface area contributed by atoms with Gasteiger partial charge in [0.2, 0.25) is 21.1 Å². The van der Waals surface area contributed by atoms with Crippen LogP contribution in [0.25, 0.3) is 33.4 Å². The van der Waals surface area contributed by atoms with Crippen molar-refractivity contribution in [2.75, 3.05) is 11.6 Å². The van der Waals surface area contributed by atoms with E-state index in [1.165, 1.54) is 6.07 Å². The van der Waals surface area contributed by atoms with Crippen LogP contribution in [0.1, 0.15) is 22.3 Å². The molecule has 2 aliphatic rings. The molecule has 4 aromatic rings. The third-order valence-corrected chi connectivity index (χ3v) is 8.54. The Kier molecular flexibility index (Phi) is 9.37. The first-order valence-corrected chi connectivity index (χ1v) is 18.0. The molecule has 6 rings (SSSR count). The molecule has 0 bridgehead atoms. The van der Waals surface area contributed by atoms with E-state index in [4.69, 9.17) is 4.42 Å². The van der Waals surface area contributed by atoms with Gasteiger partial charge in [0.25, 0.3) is 0 Å². The molecule has 0 radical (unpaired) electrons. The van der Waals surface area contributed by atoms with Crippen molar-refractivity contribution in [3.8, 4) is 22.5 Å². The molecule has 0 fully saturated rings. The van der Waals surface area contributed by atoms with Gasteiger partial charge < -0.3 is 14.3 Å². The molecule has 242 valence electrons. The third kappa shape index (κ3) is 7.78. The maximum atomic E-state index is 12.3. The maximum Gasteiger partial charge on any atom is 0.209 e. The van der Waals surface area contributed by atoms with E-state index < -0.39 is 20.1 Å². The second kappa shape index (κ2) is 13.1. The Balaban J connectivity index is 0.000000807. The highest BCUT2D eigenvalue weighted by atomic mass is 32.2. The first kappa shape index (κ1) is 33.6. The Morgan fingerprint density at radius 1 is 0.723 bits per heavy atom. The van der Waals surface area contributed by atoms with Crippen LogP contribution in [0.3, 0.4) is 0 Å². The van der Waals surface area contributed by atoms with Gasteiger partial charge in [-0.3, -0.25) is 0 Å². The Bertz CT molecular complexity index is 2350. The standard InChI is InChI=1S/C35H30N2O4S.CH5NO2S/c1-21-9-7-10-22(2)34(21)36-25-15-17-27-30(19-25)41-31-20-26(37-35-23(3)11-8-12-24(35)4)16-18-28(31)33(27)29-13-5-6-14-32(29)42(38,39)40;1-5(2,3)4/h5-20,36H,1-4H3,(H,38,39,40);1H3,(H2,2,3,4). The van der Waals surface area contributed by atoms with E-state index in [-0.39, 0.29) is 4.90 Å². The molecule has 1 aliphatic heterocycles.